The van der Waals surface area contributed by atoms with E-state index in [1.54, 1.807) is 12.4 Å². The van der Waals surface area contributed by atoms with Crippen molar-refractivity contribution >= 4 is 15.9 Å². The lowest BCUT2D eigenvalue weighted by Gasteiger charge is -1.86. The molecule has 0 fully saturated rings. The van der Waals surface area contributed by atoms with E-state index in [4.69, 9.17) is 0 Å². The van der Waals surface area contributed by atoms with Crippen molar-refractivity contribution in [2.75, 3.05) is 0 Å². The van der Waals surface area contributed by atoms with Gasteiger partial charge in [-0.15, -0.1) is 0 Å². The molecule has 1 aromatic rings. The quantitative estimate of drug-likeness (QED) is 0.591. The van der Waals surface area contributed by atoms with Gasteiger partial charge in [0.05, 0.1) is 4.47 Å². The predicted molar refractivity (Wildman–Crippen MR) is 34.2 cm³/mol. The van der Waals surface area contributed by atoms with Crippen molar-refractivity contribution in [1.82, 2.24) is 9.97 Å². The summed E-state index contributed by atoms with van der Waals surface area (Å²) >= 11 is 3.19. The molecule has 0 atom stereocenters. The number of aromatic nitrogens is 2. The average molecular weight is 172 g/mol. The standard InChI is InChI=1S/C5H4BrN2/c1-4-7-2-5(6)3-8-4/h2-3H,1H2. The first-order valence-corrected chi connectivity index (χ1v) is 2.88. The molecule has 0 unspecified atom stereocenters. The van der Waals surface area contributed by atoms with Gasteiger partial charge < -0.3 is 0 Å². The fourth-order valence-electron chi connectivity index (χ4n) is 0.339. The Morgan fingerprint density at radius 1 is 1.38 bits per heavy atom. The van der Waals surface area contributed by atoms with Crippen molar-refractivity contribution in [2.45, 2.75) is 0 Å². The summed E-state index contributed by atoms with van der Waals surface area (Å²) in [6, 6.07) is 0. The van der Waals surface area contributed by atoms with Gasteiger partial charge in [-0.2, -0.15) is 0 Å². The van der Waals surface area contributed by atoms with E-state index in [0.717, 1.165) is 4.47 Å². The molecule has 41 valence electrons. The largest absolute Gasteiger partial charge is 0.240 e. The maximum atomic E-state index is 3.81. The van der Waals surface area contributed by atoms with Crippen LogP contribution in [0.2, 0.25) is 0 Å². The summed E-state index contributed by atoms with van der Waals surface area (Å²) in [5.41, 5.74) is 0. The third kappa shape index (κ3) is 1.26. The Labute approximate surface area is 56.1 Å². The molecule has 0 aliphatic carbocycles. The van der Waals surface area contributed by atoms with E-state index < -0.39 is 0 Å². The van der Waals surface area contributed by atoms with E-state index in [2.05, 4.69) is 32.8 Å². The van der Waals surface area contributed by atoms with Gasteiger partial charge in [0.2, 0.25) is 0 Å². The predicted octanol–water partition coefficient (Wildman–Crippen LogP) is 1.42. The summed E-state index contributed by atoms with van der Waals surface area (Å²) < 4.78 is 0.880. The van der Waals surface area contributed by atoms with Crippen LogP contribution in [0.1, 0.15) is 5.82 Å². The third-order valence-electron chi connectivity index (χ3n) is 0.674. The lowest BCUT2D eigenvalue weighted by atomic mass is 10.6. The highest BCUT2D eigenvalue weighted by molar-refractivity contribution is 9.10. The minimum absolute atomic E-state index is 0.549. The zero-order chi connectivity index (χ0) is 5.98. The Morgan fingerprint density at radius 2 is 1.88 bits per heavy atom. The highest BCUT2D eigenvalue weighted by Crippen LogP contribution is 2.02. The van der Waals surface area contributed by atoms with Crippen LogP contribution >= 0.6 is 15.9 Å². The van der Waals surface area contributed by atoms with E-state index in [1.807, 2.05) is 0 Å². The summed E-state index contributed by atoms with van der Waals surface area (Å²) in [5.74, 6) is 0.549. The molecular formula is C5H4BrN2. The van der Waals surface area contributed by atoms with Gasteiger partial charge in [0.15, 0.2) is 0 Å². The lowest BCUT2D eigenvalue weighted by Crippen LogP contribution is -1.82. The van der Waals surface area contributed by atoms with E-state index >= 15 is 0 Å². The fourth-order valence-corrected chi connectivity index (χ4v) is 0.544. The first kappa shape index (κ1) is 5.69. The molecule has 0 spiro atoms. The van der Waals surface area contributed by atoms with Gasteiger partial charge in [-0.1, -0.05) is 0 Å². The number of hydrogen-bond donors (Lipinski definition) is 0. The third-order valence-corrected chi connectivity index (χ3v) is 1.08. The van der Waals surface area contributed by atoms with E-state index in [1.165, 1.54) is 0 Å². The van der Waals surface area contributed by atoms with Crippen LogP contribution in [0.15, 0.2) is 16.9 Å². The fraction of sp³-hybridized carbons (Fsp3) is 0. The van der Waals surface area contributed by atoms with Crippen molar-refractivity contribution in [1.29, 1.82) is 0 Å². The molecule has 0 aliphatic rings. The minimum atomic E-state index is 0.549. The smallest absolute Gasteiger partial charge is 0.128 e. The summed E-state index contributed by atoms with van der Waals surface area (Å²) in [6.07, 6.45) is 3.32. The Balaban J connectivity index is 3.03. The Bertz CT molecular complexity index is 149. The van der Waals surface area contributed by atoms with Crippen molar-refractivity contribution in [3.63, 3.8) is 0 Å². The molecule has 0 saturated heterocycles. The molecular weight excluding hydrogens is 168 g/mol. The zero-order valence-corrected chi connectivity index (χ0v) is 5.72. The van der Waals surface area contributed by atoms with Crippen LogP contribution in [-0.4, -0.2) is 9.97 Å². The number of hydrogen-bond acceptors (Lipinski definition) is 2. The van der Waals surface area contributed by atoms with E-state index in [0.29, 0.717) is 5.82 Å². The Hall–Kier alpha value is -0.440. The molecule has 1 rings (SSSR count). The first-order chi connectivity index (χ1) is 3.79. The molecule has 3 heteroatoms. The van der Waals surface area contributed by atoms with Crippen LogP contribution in [0.4, 0.5) is 0 Å². The normalized spacial score (nSPS) is 9.25. The van der Waals surface area contributed by atoms with Crippen LogP contribution in [0.3, 0.4) is 0 Å². The van der Waals surface area contributed by atoms with Crippen LogP contribution in [-0.2, 0) is 0 Å². The van der Waals surface area contributed by atoms with Gasteiger partial charge in [-0.3, -0.25) is 0 Å². The Morgan fingerprint density at radius 3 is 2.25 bits per heavy atom. The molecule has 0 aromatic carbocycles. The van der Waals surface area contributed by atoms with Gasteiger partial charge in [0.1, 0.15) is 5.82 Å². The second-order valence-electron chi connectivity index (χ2n) is 1.32. The van der Waals surface area contributed by atoms with Gasteiger partial charge in [0, 0.05) is 19.3 Å². The van der Waals surface area contributed by atoms with Crippen molar-refractivity contribution < 1.29 is 0 Å². The summed E-state index contributed by atoms with van der Waals surface area (Å²) in [6.45, 7) is 3.52. The zero-order valence-electron chi connectivity index (χ0n) is 4.13. The number of rotatable bonds is 0. The monoisotopic (exact) mass is 171 g/mol. The molecule has 0 bridgehead atoms. The van der Waals surface area contributed by atoms with E-state index in [9.17, 15) is 0 Å². The lowest BCUT2D eigenvalue weighted by molar-refractivity contribution is 1.10. The van der Waals surface area contributed by atoms with E-state index in [-0.39, 0.29) is 0 Å². The molecule has 0 N–H and O–H groups in total. The summed E-state index contributed by atoms with van der Waals surface area (Å²) in [5, 5.41) is 0. The van der Waals surface area contributed by atoms with Gasteiger partial charge in [0.25, 0.3) is 0 Å². The molecule has 1 aromatic heterocycles. The highest BCUT2D eigenvalue weighted by Gasteiger charge is 1.84. The Kier molecular flexibility index (Phi) is 1.58. The number of nitrogens with zero attached hydrogens (tertiary/aromatic N) is 2. The molecule has 0 aliphatic heterocycles. The van der Waals surface area contributed by atoms with Gasteiger partial charge >= 0.3 is 0 Å². The molecule has 2 nitrogen and oxygen atoms in total. The van der Waals surface area contributed by atoms with Crippen LogP contribution in [0, 0.1) is 6.92 Å². The molecule has 0 amide bonds. The average Bonchev–Trinajstić information content (AvgIpc) is 1.77. The molecule has 1 heterocycles. The van der Waals surface area contributed by atoms with Crippen LogP contribution < -0.4 is 0 Å². The second-order valence-corrected chi connectivity index (χ2v) is 2.23. The van der Waals surface area contributed by atoms with Crippen LogP contribution in [0.5, 0.6) is 0 Å². The molecule has 1 radical (unpaired) electrons. The number of halogens is 1. The highest BCUT2D eigenvalue weighted by atomic mass is 79.9. The first-order valence-electron chi connectivity index (χ1n) is 2.08. The molecule has 8 heavy (non-hydrogen) atoms. The summed E-state index contributed by atoms with van der Waals surface area (Å²) in [7, 11) is 0. The SMILES string of the molecule is [CH2]c1ncc(Br)cn1. The van der Waals surface area contributed by atoms with Crippen molar-refractivity contribution in [3.8, 4) is 0 Å². The minimum Gasteiger partial charge on any atom is -0.240 e. The van der Waals surface area contributed by atoms with Crippen molar-refractivity contribution in [3.05, 3.63) is 29.6 Å². The summed E-state index contributed by atoms with van der Waals surface area (Å²) in [4.78, 5) is 7.62. The van der Waals surface area contributed by atoms with Gasteiger partial charge in [-0.05, 0) is 15.9 Å². The maximum Gasteiger partial charge on any atom is 0.128 e. The maximum absolute atomic E-state index is 3.81. The van der Waals surface area contributed by atoms with Crippen molar-refractivity contribution in [2.24, 2.45) is 0 Å². The van der Waals surface area contributed by atoms with Gasteiger partial charge in [-0.25, -0.2) is 9.97 Å². The second kappa shape index (κ2) is 2.22. The molecule has 0 saturated carbocycles. The topological polar surface area (TPSA) is 25.8 Å². The van der Waals surface area contributed by atoms with Crippen LogP contribution in [0.25, 0.3) is 0 Å².